The minimum absolute atomic E-state index is 1.10. The van der Waals surface area contributed by atoms with Crippen molar-refractivity contribution in [2.45, 2.75) is 58.8 Å². The number of hydrogen-bond donors (Lipinski definition) is 0. The molecular weight excluding hydrogens is 156 g/mol. The molecule has 2 aliphatic carbocycles. The highest BCUT2D eigenvalue weighted by molar-refractivity contribution is 4.93. The van der Waals surface area contributed by atoms with Gasteiger partial charge in [0.15, 0.2) is 0 Å². The van der Waals surface area contributed by atoms with Crippen LogP contribution in [-0.4, -0.2) is 0 Å². The first kappa shape index (κ1) is 9.55. The normalized spacial score (nSPS) is 43.8. The van der Waals surface area contributed by atoms with Crippen LogP contribution in [0.25, 0.3) is 0 Å². The van der Waals surface area contributed by atoms with Crippen LogP contribution in [0.5, 0.6) is 0 Å². The van der Waals surface area contributed by atoms with Gasteiger partial charge in [-0.1, -0.05) is 33.1 Å². The molecule has 0 spiro atoms. The molecule has 0 radical (unpaired) electrons. The first-order valence-corrected chi connectivity index (χ1v) is 6.36. The standard InChI is InChI=1S/C13H24/c1-3-5-11-7-9-12-10(4-2)6-8-13(11)12/h10-13H,3-9H2,1-2H3. The Labute approximate surface area is 83.1 Å². The van der Waals surface area contributed by atoms with Crippen LogP contribution in [0, 0.1) is 23.7 Å². The molecule has 0 aromatic rings. The van der Waals surface area contributed by atoms with E-state index in [1.54, 1.807) is 25.7 Å². The Morgan fingerprint density at radius 2 is 1.46 bits per heavy atom. The second-order valence-corrected chi connectivity index (χ2v) is 5.20. The molecule has 2 saturated carbocycles. The Morgan fingerprint density at radius 3 is 2.08 bits per heavy atom. The molecule has 2 fully saturated rings. The summed E-state index contributed by atoms with van der Waals surface area (Å²) in [7, 11) is 0. The Kier molecular flexibility index (Phi) is 2.96. The first-order valence-electron chi connectivity index (χ1n) is 6.36. The monoisotopic (exact) mass is 180 g/mol. The lowest BCUT2D eigenvalue weighted by Crippen LogP contribution is -2.12. The average molecular weight is 180 g/mol. The van der Waals surface area contributed by atoms with Crippen molar-refractivity contribution in [3.8, 4) is 0 Å². The van der Waals surface area contributed by atoms with Gasteiger partial charge in [-0.05, 0) is 49.4 Å². The van der Waals surface area contributed by atoms with Gasteiger partial charge in [0.25, 0.3) is 0 Å². The summed E-state index contributed by atoms with van der Waals surface area (Å²) in [6, 6.07) is 0. The Balaban J connectivity index is 1.95. The highest BCUT2D eigenvalue weighted by Gasteiger charge is 2.42. The van der Waals surface area contributed by atoms with Crippen molar-refractivity contribution in [3.05, 3.63) is 0 Å². The van der Waals surface area contributed by atoms with Crippen molar-refractivity contribution in [3.63, 3.8) is 0 Å². The summed E-state index contributed by atoms with van der Waals surface area (Å²) in [6.45, 7) is 4.74. The van der Waals surface area contributed by atoms with Crippen LogP contribution < -0.4 is 0 Å². The first-order chi connectivity index (χ1) is 6.36. The second kappa shape index (κ2) is 4.02. The van der Waals surface area contributed by atoms with E-state index in [0.717, 1.165) is 23.7 Å². The maximum atomic E-state index is 2.39. The molecule has 0 heterocycles. The molecule has 0 aromatic carbocycles. The summed E-state index contributed by atoms with van der Waals surface area (Å²) in [5, 5.41) is 0. The van der Waals surface area contributed by atoms with Crippen molar-refractivity contribution < 1.29 is 0 Å². The highest BCUT2D eigenvalue weighted by Crippen LogP contribution is 2.52. The fraction of sp³-hybridized carbons (Fsp3) is 1.00. The molecule has 0 aliphatic heterocycles. The van der Waals surface area contributed by atoms with E-state index in [-0.39, 0.29) is 0 Å². The van der Waals surface area contributed by atoms with Crippen LogP contribution in [-0.2, 0) is 0 Å². The molecule has 0 saturated heterocycles. The van der Waals surface area contributed by atoms with Gasteiger partial charge >= 0.3 is 0 Å². The van der Waals surface area contributed by atoms with Crippen LogP contribution in [0.15, 0.2) is 0 Å². The summed E-state index contributed by atoms with van der Waals surface area (Å²) in [4.78, 5) is 0. The quantitative estimate of drug-likeness (QED) is 0.609. The van der Waals surface area contributed by atoms with Crippen molar-refractivity contribution in [2.24, 2.45) is 23.7 Å². The molecule has 2 aliphatic rings. The molecule has 0 N–H and O–H groups in total. The predicted molar refractivity (Wildman–Crippen MR) is 57.6 cm³/mol. The van der Waals surface area contributed by atoms with E-state index in [2.05, 4.69) is 13.8 Å². The van der Waals surface area contributed by atoms with Crippen LogP contribution in [0.3, 0.4) is 0 Å². The molecule has 0 nitrogen and oxygen atoms in total. The lowest BCUT2D eigenvalue weighted by molar-refractivity contribution is 0.299. The zero-order chi connectivity index (χ0) is 9.26. The van der Waals surface area contributed by atoms with Gasteiger partial charge < -0.3 is 0 Å². The van der Waals surface area contributed by atoms with Crippen LogP contribution in [0.2, 0.25) is 0 Å². The Bertz CT molecular complexity index is 161. The fourth-order valence-electron chi connectivity index (χ4n) is 4.08. The van der Waals surface area contributed by atoms with Gasteiger partial charge in [0, 0.05) is 0 Å². The lowest BCUT2D eigenvalue weighted by atomic mass is 9.86. The second-order valence-electron chi connectivity index (χ2n) is 5.20. The van der Waals surface area contributed by atoms with Gasteiger partial charge in [0.2, 0.25) is 0 Å². The van der Waals surface area contributed by atoms with Gasteiger partial charge in [-0.3, -0.25) is 0 Å². The van der Waals surface area contributed by atoms with Crippen LogP contribution in [0.1, 0.15) is 58.8 Å². The molecule has 0 aromatic heterocycles. The maximum absolute atomic E-state index is 2.39. The van der Waals surface area contributed by atoms with Crippen molar-refractivity contribution in [1.29, 1.82) is 0 Å². The Morgan fingerprint density at radius 1 is 0.846 bits per heavy atom. The van der Waals surface area contributed by atoms with Crippen molar-refractivity contribution in [2.75, 3.05) is 0 Å². The van der Waals surface area contributed by atoms with E-state index in [4.69, 9.17) is 0 Å². The third-order valence-electron chi connectivity index (χ3n) is 4.69. The zero-order valence-corrected chi connectivity index (χ0v) is 9.26. The molecule has 76 valence electrons. The fourth-order valence-corrected chi connectivity index (χ4v) is 4.08. The van der Waals surface area contributed by atoms with Crippen molar-refractivity contribution in [1.82, 2.24) is 0 Å². The maximum Gasteiger partial charge on any atom is -0.0355 e. The molecule has 13 heavy (non-hydrogen) atoms. The third kappa shape index (κ3) is 1.65. The zero-order valence-electron chi connectivity index (χ0n) is 9.26. The Hall–Kier alpha value is 0. The molecule has 0 amide bonds. The lowest BCUT2D eigenvalue weighted by Gasteiger charge is -2.19. The van der Waals surface area contributed by atoms with E-state index >= 15 is 0 Å². The van der Waals surface area contributed by atoms with Gasteiger partial charge in [-0.2, -0.15) is 0 Å². The van der Waals surface area contributed by atoms with E-state index in [1.807, 2.05) is 0 Å². The topological polar surface area (TPSA) is 0 Å². The van der Waals surface area contributed by atoms with Gasteiger partial charge in [0.05, 0.1) is 0 Å². The van der Waals surface area contributed by atoms with Crippen LogP contribution in [0.4, 0.5) is 0 Å². The van der Waals surface area contributed by atoms with Gasteiger partial charge in [0.1, 0.15) is 0 Å². The summed E-state index contributed by atoms with van der Waals surface area (Å²) in [5.41, 5.74) is 0. The van der Waals surface area contributed by atoms with Crippen LogP contribution >= 0.6 is 0 Å². The smallest absolute Gasteiger partial charge is 0.0355 e. The molecule has 0 bridgehead atoms. The molecule has 4 atom stereocenters. The van der Waals surface area contributed by atoms with E-state index < -0.39 is 0 Å². The molecular formula is C13H24. The van der Waals surface area contributed by atoms with E-state index in [9.17, 15) is 0 Å². The van der Waals surface area contributed by atoms with Crippen molar-refractivity contribution >= 4 is 0 Å². The minimum atomic E-state index is 1.10. The summed E-state index contributed by atoms with van der Waals surface area (Å²) in [5.74, 6) is 4.50. The molecule has 4 unspecified atom stereocenters. The average Bonchev–Trinajstić information content (AvgIpc) is 2.68. The summed E-state index contributed by atoms with van der Waals surface area (Å²) in [6.07, 6.45) is 10.6. The van der Waals surface area contributed by atoms with E-state index in [1.165, 1.54) is 19.3 Å². The van der Waals surface area contributed by atoms with Gasteiger partial charge in [-0.25, -0.2) is 0 Å². The molecule has 0 heteroatoms. The third-order valence-corrected chi connectivity index (χ3v) is 4.69. The number of rotatable bonds is 3. The number of fused-ring (bicyclic) bond motifs is 1. The SMILES string of the molecule is CCCC1CCC2C(CC)CCC12. The minimum Gasteiger partial charge on any atom is -0.0654 e. The van der Waals surface area contributed by atoms with E-state index in [0.29, 0.717) is 0 Å². The number of hydrogen-bond acceptors (Lipinski definition) is 0. The summed E-state index contributed by atoms with van der Waals surface area (Å²) >= 11 is 0. The molecule has 2 rings (SSSR count). The largest absolute Gasteiger partial charge is 0.0654 e. The van der Waals surface area contributed by atoms with Gasteiger partial charge in [-0.15, -0.1) is 0 Å². The summed E-state index contributed by atoms with van der Waals surface area (Å²) < 4.78 is 0. The predicted octanol–water partition coefficient (Wildman–Crippen LogP) is 4.25. The highest BCUT2D eigenvalue weighted by atomic mass is 14.5.